The summed E-state index contributed by atoms with van der Waals surface area (Å²) in [7, 11) is 0. The Balaban J connectivity index is 1.48. The number of amides is 2. The van der Waals surface area contributed by atoms with Crippen molar-refractivity contribution in [2.24, 2.45) is 51.8 Å². The maximum atomic E-state index is 14.3. The number of nitrogens with zero attached hydrogens (tertiary/aromatic N) is 1. The molecule has 1 saturated heterocycles. The summed E-state index contributed by atoms with van der Waals surface area (Å²) in [6.45, 7) is 8.48. The summed E-state index contributed by atoms with van der Waals surface area (Å²) in [5.74, 6) is -2.89. The second-order valence-electron chi connectivity index (χ2n) is 13.4. The minimum Gasteiger partial charge on any atom is -0.481 e. The number of carbonyl (C=O) groups is 4. The summed E-state index contributed by atoms with van der Waals surface area (Å²) in [6, 6.07) is 6.10. The number of rotatable bonds is 4. The number of hydrogen-bond acceptors (Lipinski definition) is 4. The van der Waals surface area contributed by atoms with Crippen molar-refractivity contribution in [3.05, 3.63) is 41.5 Å². The summed E-state index contributed by atoms with van der Waals surface area (Å²) in [4.78, 5) is 53.8. The first kappa shape index (κ1) is 25.3. The Morgan fingerprint density at radius 2 is 1.76 bits per heavy atom. The van der Waals surface area contributed by atoms with Crippen LogP contribution in [-0.4, -0.2) is 34.0 Å². The highest BCUT2D eigenvalue weighted by molar-refractivity contribution is 6.23. The Bertz CT molecular complexity index is 1300. The van der Waals surface area contributed by atoms with E-state index >= 15 is 0 Å². The molecule has 202 valence electrons. The third kappa shape index (κ3) is 3.02. The number of fused-ring (bicyclic) bond motifs is 1. The van der Waals surface area contributed by atoms with Crippen LogP contribution in [0.1, 0.15) is 76.6 Å². The fraction of sp³-hybridized carbons (Fsp3) is 0.613. The van der Waals surface area contributed by atoms with Gasteiger partial charge < -0.3 is 10.2 Å². The lowest BCUT2D eigenvalue weighted by atomic mass is 9.34. The van der Waals surface area contributed by atoms with Gasteiger partial charge in [0.05, 0.1) is 28.5 Å². The molecule has 7 heteroatoms. The first-order chi connectivity index (χ1) is 17.9. The number of carboxylic acid groups (broad SMARTS) is 2. The molecule has 0 radical (unpaired) electrons. The Labute approximate surface area is 223 Å². The molecule has 7 nitrogen and oxygen atoms in total. The van der Waals surface area contributed by atoms with Crippen molar-refractivity contribution < 1.29 is 29.4 Å². The number of carboxylic acids is 2. The summed E-state index contributed by atoms with van der Waals surface area (Å²) in [5, 5.41) is 19.8. The van der Waals surface area contributed by atoms with Gasteiger partial charge in [0.15, 0.2) is 0 Å². The van der Waals surface area contributed by atoms with Gasteiger partial charge in [0.2, 0.25) is 11.8 Å². The highest BCUT2D eigenvalue weighted by atomic mass is 16.4. The van der Waals surface area contributed by atoms with Crippen molar-refractivity contribution in [1.29, 1.82) is 0 Å². The molecule has 1 spiro atoms. The van der Waals surface area contributed by atoms with E-state index in [2.05, 4.69) is 26.8 Å². The van der Waals surface area contributed by atoms with Gasteiger partial charge in [-0.25, -0.2) is 9.69 Å². The summed E-state index contributed by atoms with van der Waals surface area (Å²) in [5.41, 5.74) is 0.112. The molecule has 2 amide bonds. The molecular weight excluding hydrogens is 482 g/mol. The van der Waals surface area contributed by atoms with Crippen LogP contribution in [0, 0.1) is 51.8 Å². The fourth-order valence-corrected chi connectivity index (χ4v) is 9.99. The second kappa shape index (κ2) is 8.03. The summed E-state index contributed by atoms with van der Waals surface area (Å²) < 4.78 is 0. The number of anilines is 1. The van der Waals surface area contributed by atoms with Crippen LogP contribution in [0.15, 0.2) is 35.9 Å². The average Bonchev–Trinajstić information content (AvgIpc) is 3.15. The van der Waals surface area contributed by atoms with Crippen LogP contribution >= 0.6 is 0 Å². The van der Waals surface area contributed by atoms with Crippen LogP contribution in [-0.2, 0) is 14.4 Å². The Morgan fingerprint density at radius 3 is 2.42 bits per heavy atom. The number of hydrogen-bond donors (Lipinski definition) is 2. The molecule has 2 bridgehead atoms. The van der Waals surface area contributed by atoms with Crippen LogP contribution in [0.3, 0.4) is 0 Å². The van der Waals surface area contributed by atoms with Crippen LogP contribution in [0.2, 0.25) is 0 Å². The molecule has 2 N–H and O–H groups in total. The van der Waals surface area contributed by atoms with Crippen molar-refractivity contribution >= 4 is 29.4 Å². The third-order valence-corrected chi connectivity index (χ3v) is 11.5. The third-order valence-electron chi connectivity index (χ3n) is 11.5. The summed E-state index contributed by atoms with van der Waals surface area (Å²) >= 11 is 0. The molecule has 8 atom stereocenters. The largest absolute Gasteiger partial charge is 0.481 e. The van der Waals surface area contributed by atoms with Crippen molar-refractivity contribution in [1.82, 2.24) is 0 Å². The highest BCUT2D eigenvalue weighted by Crippen LogP contribution is 2.74. The zero-order valence-corrected chi connectivity index (χ0v) is 22.6. The first-order valence-corrected chi connectivity index (χ1v) is 14.0. The molecule has 5 aliphatic carbocycles. The van der Waals surface area contributed by atoms with Crippen molar-refractivity contribution in [2.45, 2.75) is 66.2 Å². The monoisotopic (exact) mass is 519 g/mol. The maximum absolute atomic E-state index is 14.3. The van der Waals surface area contributed by atoms with E-state index in [1.165, 1.54) is 22.6 Å². The molecule has 4 unspecified atom stereocenters. The van der Waals surface area contributed by atoms with Crippen LogP contribution in [0.5, 0.6) is 0 Å². The number of imide groups is 1. The Hall–Kier alpha value is -2.96. The Kier molecular flexibility index (Phi) is 5.35. The first-order valence-electron chi connectivity index (χ1n) is 14.0. The number of allylic oxidation sites excluding steroid dienone is 2. The average molecular weight is 520 g/mol. The molecule has 3 saturated carbocycles. The van der Waals surface area contributed by atoms with Gasteiger partial charge in [-0.05, 0) is 86.3 Å². The highest BCUT2D eigenvalue weighted by Gasteiger charge is 2.73. The van der Waals surface area contributed by atoms with Gasteiger partial charge in [-0.1, -0.05) is 44.9 Å². The lowest BCUT2D eigenvalue weighted by Gasteiger charge is -2.68. The van der Waals surface area contributed by atoms with Gasteiger partial charge in [0.25, 0.3) is 0 Å². The molecule has 0 aromatic heterocycles. The topological polar surface area (TPSA) is 112 Å². The zero-order chi connectivity index (χ0) is 27.4. The number of aliphatic carboxylic acids is 1. The Morgan fingerprint density at radius 1 is 1.03 bits per heavy atom. The van der Waals surface area contributed by atoms with Crippen LogP contribution < -0.4 is 4.90 Å². The van der Waals surface area contributed by atoms with Gasteiger partial charge in [0.1, 0.15) is 0 Å². The normalized spacial score (nSPS) is 41.4. The zero-order valence-electron chi connectivity index (χ0n) is 22.6. The molecule has 6 aliphatic rings. The van der Waals surface area contributed by atoms with Crippen LogP contribution in [0.25, 0.3) is 0 Å². The number of aromatic carboxylic acids is 1. The van der Waals surface area contributed by atoms with Crippen molar-refractivity contribution in [3.63, 3.8) is 0 Å². The molecule has 1 aliphatic heterocycles. The minimum absolute atomic E-state index is 0.0288. The van der Waals surface area contributed by atoms with E-state index in [0.717, 1.165) is 25.7 Å². The second-order valence-corrected chi connectivity index (χ2v) is 13.4. The fourth-order valence-electron chi connectivity index (χ4n) is 9.99. The van der Waals surface area contributed by atoms with E-state index in [4.69, 9.17) is 0 Å². The van der Waals surface area contributed by atoms with Gasteiger partial charge in [-0.15, -0.1) is 0 Å². The molecule has 1 aromatic carbocycles. The van der Waals surface area contributed by atoms with E-state index < -0.39 is 34.6 Å². The summed E-state index contributed by atoms with van der Waals surface area (Å²) in [6.07, 6.45) is 7.05. The molecule has 1 aromatic rings. The smallest absolute Gasteiger partial charge is 0.335 e. The van der Waals surface area contributed by atoms with Crippen molar-refractivity contribution in [2.75, 3.05) is 4.90 Å². The molecular formula is C31H37NO6. The molecule has 38 heavy (non-hydrogen) atoms. The van der Waals surface area contributed by atoms with E-state index in [-0.39, 0.29) is 46.5 Å². The van der Waals surface area contributed by atoms with E-state index in [9.17, 15) is 29.4 Å². The van der Waals surface area contributed by atoms with Gasteiger partial charge >= 0.3 is 11.9 Å². The molecule has 4 fully saturated rings. The minimum atomic E-state index is -1.10. The quantitative estimate of drug-likeness (QED) is 0.407. The number of carbonyl (C=O) groups excluding carboxylic acids is 2. The molecule has 1 heterocycles. The number of benzene rings is 1. The van der Waals surface area contributed by atoms with E-state index in [1.807, 2.05) is 6.92 Å². The van der Waals surface area contributed by atoms with E-state index in [0.29, 0.717) is 18.5 Å². The lowest BCUT2D eigenvalue weighted by molar-refractivity contribution is -0.194. The van der Waals surface area contributed by atoms with Gasteiger partial charge in [0, 0.05) is 5.41 Å². The van der Waals surface area contributed by atoms with Gasteiger partial charge in [-0.3, -0.25) is 14.4 Å². The van der Waals surface area contributed by atoms with Gasteiger partial charge in [-0.2, -0.15) is 0 Å². The standard InChI is InChI=1S/C31H37NO6/c1-16(2)20-15-31-12-9-21-29(3,10-6-11-30(21,4)28(37)38)22(31)14-19(20)23-24(31)26(34)32(25(23)33)18-8-5-7-17(13-18)27(35)36/h5,7-8,13,15-16,19,21-24H,6,9-12,14H2,1-4H3,(H,35,36)(H,37,38)/t19?,21?,22?,23-,24+,29+,30-,31?/m1/s1. The lowest BCUT2D eigenvalue weighted by Crippen LogP contribution is -2.65. The maximum Gasteiger partial charge on any atom is 0.335 e. The van der Waals surface area contributed by atoms with Crippen LogP contribution in [0.4, 0.5) is 5.69 Å². The van der Waals surface area contributed by atoms with E-state index in [1.54, 1.807) is 12.1 Å². The molecule has 7 rings (SSSR count). The van der Waals surface area contributed by atoms with Crippen molar-refractivity contribution in [3.8, 4) is 0 Å². The SMILES string of the molecule is CC(C)C1=CC23CCC4[C@](C)(CCC[C@@]4(C)C(=O)O)C2CC1[C@H]1C(=O)N(c2cccc(C(=O)O)c2)C(=O)[C@H]13. The predicted octanol–water partition coefficient (Wildman–Crippen LogP) is 5.40. The predicted molar refractivity (Wildman–Crippen MR) is 140 cm³/mol.